The molecule has 1 heterocycles. The minimum atomic E-state index is 0.0313. The second-order valence-corrected chi connectivity index (χ2v) is 5.11. The van der Waals surface area contributed by atoms with Crippen LogP contribution in [0.25, 0.3) is 11.0 Å². The minimum Gasteiger partial charge on any atom is -0.369 e. The molecule has 18 heavy (non-hydrogen) atoms. The van der Waals surface area contributed by atoms with Gasteiger partial charge in [0, 0.05) is 5.54 Å². The van der Waals surface area contributed by atoms with Gasteiger partial charge in [-0.3, -0.25) is 0 Å². The van der Waals surface area contributed by atoms with E-state index in [1.54, 1.807) is 0 Å². The maximum atomic E-state index is 6.19. The quantitative estimate of drug-likeness (QED) is 0.900. The summed E-state index contributed by atoms with van der Waals surface area (Å²) >= 11 is 6.19. The molecule has 0 aliphatic carbocycles. The zero-order valence-electron chi connectivity index (χ0n) is 11.2. The molecule has 2 rings (SSSR count). The summed E-state index contributed by atoms with van der Waals surface area (Å²) in [5, 5.41) is 0.662. The van der Waals surface area contributed by atoms with Crippen molar-refractivity contribution < 1.29 is 0 Å². The topological polar surface area (TPSA) is 43.8 Å². The summed E-state index contributed by atoms with van der Waals surface area (Å²) in [6, 6.07) is 5.85. The van der Waals surface area contributed by atoms with Crippen molar-refractivity contribution in [1.82, 2.24) is 9.55 Å². The molecule has 4 heteroatoms. The number of hydrogen-bond acceptors (Lipinski definition) is 2. The highest BCUT2D eigenvalue weighted by molar-refractivity contribution is 6.35. The second-order valence-electron chi connectivity index (χ2n) is 4.70. The molecule has 1 aromatic heterocycles. The Morgan fingerprint density at radius 1 is 1.22 bits per heavy atom. The summed E-state index contributed by atoms with van der Waals surface area (Å²) in [7, 11) is 0. The fourth-order valence-electron chi connectivity index (χ4n) is 2.81. The van der Waals surface area contributed by atoms with Crippen molar-refractivity contribution in [1.29, 1.82) is 0 Å². The van der Waals surface area contributed by atoms with Crippen LogP contribution in [0.1, 0.15) is 40.0 Å². The number of nitrogens with zero attached hydrogens (tertiary/aromatic N) is 2. The highest BCUT2D eigenvalue weighted by Crippen LogP contribution is 2.36. The number of rotatable bonds is 4. The van der Waals surface area contributed by atoms with Crippen molar-refractivity contribution >= 4 is 28.6 Å². The Kier molecular flexibility index (Phi) is 3.53. The average Bonchev–Trinajstić information content (AvgIpc) is 2.72. The molecule has 98 valence electrons. The smallest absolute Gasteiger partial charge is 0.201 e. The Morgan fingerprint density at radius 3 is 2.39 bits per heavy atom. The lowest BCUT2D eigenvalue weighted by Crippen LogP contribution is -2.32. The molecule has 3 nitrogen and oxygen atoms in total. The van der Waals surface area contributed by atoms with Crippen LogP contribution in [0.5, 0.6) is 0 Å². The predicted octanol–water partition coefficient (Wildman–Crippen LogP) is 4.20. The lowest BCUT2D eigenvalue weighted by molar-refractivity contribution is 0.262. The van der Waals surface area contributed by atoms with Crippen LogP contribution in [-0.4, -0.2) is 9.55 Å². The van der Waals surface area contributed by atoms with Crippen LogP contribution >= 0.6 is 11.6 Å². The van der Waals surface area contributed by atoms with E-state index in [9.17, 15) is 0 Å². The Balaban J connectivity index is 2.78. The molecular formula is C14H20ClN3. The van der Waals surface area contributed by atoms with Crippen LogP contribution in [0, 0.1) is 0 Å². The van der Waals surface area contributed by atoms with E-state index in [1.807, 2.05) is 18.2 Å². The van der Waals surface area contributed by atoms with Gasteiger partial charge in [-0.1, -0.05) is 38.4 Å². The maximum Gasteiger partial charge on any atom is 0.201 e. The average molecular weight is 266 g/mol. The highest BCUT2D eigenvalue weighted by atomic mass is 35.5. The first-order valence-electron chi connectivity index (χ1n) is 6.52. The first-order chi connectivity index (χ1) is 8.59. The van der Waals surface area contributed by atoms with Gasteiger partial charge in [0.15, 0.2) is 0 Å². The summed E-state index contributed by atoms with van der Waals surface area (Å²) < 4.78 is 2.16. The van der Waals surface area contributed by atoms with Gasteiger partial charge < -0.3 is 10.3 Å². The molecule has 0 aliphatic heterocycles. The number of aromatic nitrogens is 2. The van der Waals surface area contributed by atoms with Crippen molar-refractivity contribution in [3.05, 3.63) is 23.2 Å². The largest absolute Gasteiger partial charge is 0.369 e. The fraction of sp³-hybridized carbons (Fsp3) is 0.500. The van der Waals surface area contributed by atoms with E-state index < -0.39 is 0 Å². The number of para-hydroxylation sites is 1. The molecule has 0 spiro atoms. The highest BCUT2D eigenvalue weighted by Gasteiger charge is 2.30. The second kappa shape index (κ2) is 4.81. The molecule has 0 atom stereocenters. The molecule has 2 aromatic rings. The Hall–Kier alpha value is -1.22. The maximum absolute atomic E-state index is 6.19. The first-order valence-corrected chi connectivity index (χ1v) is 6.90. The molecule has 0 saturated carbocycles. The van der Waals surface area contributed by atoms with Gasteiger partial charge in [0.05, 0.1) is 10.5 Å². The third-order valence-corrected chi connectivity index (χ3v) is 4.42. The molecular weight excluding hydrogens is 246 g/mol. The van der Waals surface area contributed by atoms with E-state index in [0.29, 0.717) is 11.0 Å². The van der Waals surface area contributed by atoms with Crippen LogP contribution in [0.3, 0.4) is 0 Å². The van der Waals surface area contributed by atoms with E-state index in [-0.39, 0.29) is 5.54 Å². The van der Waals surface area contributed by atoms with Crippen LogP contribution in [0.2, 0.25) is 5.02 Å². The molecule has 0 fully saturated rings. The van der Waals surface area contributed by atoms with Crippen molar-refractivity contribution in [3.63, 3.8) is 0 Å². The number of benzene rings is 1. The number of nitrogens with two attached hydrogens (primary N) is 1. The Morgan fingerprint density at radius 2 is 1.83 bits per heavy atom. The number of anilines is 1. The van der Waals surface area contributed by atoms with Gasteiger partial charge in [0.25, 0.3) is 0 Å². The van der Waals surface area contributed by atoms with Crippen molar-refractivity contribution in [2.24, 2.45) is 0 Å². The minimum absolute atomic E-state index is 0.0313. The normalized spacial score (nSPS) is 12.2. The zero-order chi connectivity index (χ0) is 13.3. The van der Waals surface area contributed by atoms with Crippen molar-refractivity contribution in [3.8, 4) is 0 Å². The van der Waals surface area contributed by atoms with Crippen LogP contribution < -0.4 is 5.73 Å². The number of fused-ring (bicyclic) bond motifs is 1. The van der Waals surface area contributed by atoms with Gasteiger partial charge in [-0.2, -0.15) is 0 Å². The Bertz CT molecular complexity index is 547. The molecule has 0 bridgehead atoms. The molecule has 1 aromatic carbocycles. The molecule has 0 saturated heterocycles. The number of halogens is 1. The van der Waals surface area contributed by atoms with Crippen molar-refractivity contribution in [2.45, 2.75) is 45.6 Å². The van der Waals surface area contributed by atoms with Gasteiger partial charge in [-0.05, 0) is 31.4 Å². The molecule has 2 N–H and O–H groups in total. The monoisotopic (exact) mass is 265 g/mol. The Labute approximate surface area is 113 Å². The number of nitrogen functional groups attached to an aromatic ring is 1. The van der Waals surface area contributed by atoms with Crippen LogP contribution in [-0.2, 0) is 5.54 Å². The van der Waals surface area contributed by atoms with E-state index in [4.69, 9.17) is 17.3 Å². The number of imidazole rings is 1. The van der Waals surface area contributed by atoms with Crippen LogP contribution in [0.4, 0.5) is 5.95 Å². The summed E-state index contributed by atoms with van der Waals surface area (Å²) in [4.78, 5) is 4.43. The van der Waals surface area contributed by atoms with E-state index in [1.165, 1.54) is 0 Å². The lowest BCUT2D eigenvalue weighted by Gasteiger charge is -2.33. The van der Waals surface area contributed by atoms with Gasteiger partial charge in [-0.15, -0.1) is 0 Å². The van der Waals surface area contributed by atoms with Gasteiger partial charge in [0.2, 0.25) is 5.95 Å². The summed E-state index contributed by atoms with van der Waals surface area (Å²) in [6.45, 7) is 6.59. The molecule has 0 radical (unpaired) electrons. The summed E-state index contributed by atoms with van der Waals surface area (Å²) in [5.74, 6) is 0.559. The van der Waals surface area contributed by atoms with Gasteiger partial charge in [0.1, 0.15) is 5.52 Å². The third kappa shape index (κ3) is 1.77. The van der Waals surface area contributed by atoms with Gasteiger partial charge in [-0.25, -0.2) is 4.98 Å². The van der Waals surface area contributed by atoms with E-state index >= 15 is 0 Å². The third-order valence-electron chi connectivity index (χ3n) is 4.11. The molecule has 0 unspecified atom stereocenters. The van der Waals surface area contributed by atoms with Crippen molar-refractivity contribution in [2.75, 3.05) is 5.73 Å². The molecule has 0 aliphatic rings. The fourth-order valence-corrected chi connectivity index (χ4v) is 3.02. The summed E-state index contributed by atoms with van der Waals surface area (Å²) in [5.41, 5.74) is 7.99. The van der Waals surface area contributed by atoms with E-state index in [2.05, 4.69) is 30.3 Å². The van der Waals surface area contributed by atoms with Gasteiger partial charge >= 0.3 is 0 Å². The predicted molar refractivity (Wildman–Crippen MR) is 78.0 cm³/mol. The van der Waals surface area contributed by atoms with Crippen LogP contribution in [0.15, 0.2) is 18.2 Å². The SMILES string of the molecule is CCC(CC)(CC)n1c(N)nc2c(Cl)cccc21. The standard InChI is InChI=1S/C14H20ClN3/c1-4-14(5-2,6-3)18-11-9-7-8-10(15)12(11)17-13(18)16/h7-9H,4-6H2,1-3H3,(H2,16,17). The zero-order valence-corrected chi connectivity index (χ0v) is 12.0. The summed E-state index contributed by atoms with van der Waals surface area (Å²) in [6.07, 6.45) is 3.09. The van der Waals surface area contributed by atoms with E-state index in [0.717, 1.165) is 30.3 Å². The first kappa shape index (κ1) is 13.2. The lowest BCUT2D eigenvalue weighted by atomic mass is 9.89. The molecule has 0 amide bonds. The number of hydrogen-bond donors (Lipinski definition) is 1.